The minimum atomic E-state index is -1.29. The van der Waals surface area contributed by atoms with Crippen LogP contribution in [0.15, 0.2) is 77.4 Å². The summed E-state index contributed by atoms with van der Waals surface area (Å²) in [6.07, 6.45) is 1.69. The molecule has 0 amide bonds. The van der Waals surface area contributed by atoms with Crippen LogP contribution in [0.3, 0.4) is 0 Å². The lowest BCUT2D eigenvalue weighted by atomic mass is 10.1. The van der Waals surface area contributed by atoms with E-state index in [4.69, 9.17) is 14.3 Å². The van der Waals surface area contributed by atoms with Gasteiger partial charge in [0.15, 0.2) is 5.60 Å². The van der Waals surface area contributed by atoms with Crippen LogP contribution in [-0.4, -0.2) is 31.4 Å². The van der Waals surface area contributed by atoms with Crippen molar-refractivity contribution in [3.63, 3.8) is 0 Å². The van der Waals surface area contributed by atoms with E-state index in [0.717, 1.165) is 28.4 Å². The topological polar surface area (TPSA) is 80.7 Å². The Bertz CT molecular complexity index is 1260. The Balaban J connectivity index is 1.55. The van der Waals surface area contributed by atoms with Gasteiger partial charge in [0.1, 0.15) is 11.5 Å². The zero-order valence-corrected chi connectivity index (χ0v) is 20.6. The zero-order valence-electron chi connectivity index (χ0n) is 20.6. The average molecular weight is 474 g/mol. The second-order valence-electron chi connectivity index (χ2n) is 9.18. The Morgan fingerprint density at radius 1 is 1.00 bits per heavy atom. The van der Waals surface area contributed by atoms with Gasteiger partial charge in [-0.2, -0.15) is 5.10 Å². The van der Waals surface area contributed by atoms with E-state index in [-0.39, 0.29) is 0 Å². The van der Waals surface area contributed by atoms with Gasteiger partial charge in [0, 0.05) is 24.3 Å². The average Bonchev–Trinajstić information content (AvgIpc) is 3.44. The van der Waals surface area contributed by atoms with Crippen LogP contribution in [0.1, 0.15) is 42.1 Å². The molecule has 4 aromatic rings. The molecule has 0 radical (unpaired) electrons. The molecule has 1 N–H and O–H groups in total. The van der Waals surface area contributed by atoms with Crippen LogP contribution in [0, 0.1) is 13.8 Å². The van der Waals surface area contributed by atoms with Crippen molar-refractivity contribution < 1.29 is 19.1 Å². The van der Waals surface area contributed by atoms with Crippen molar-refractivity contribution in [2.24, 2.45) is 0 Å². The number of carbonyl (C=O) groups is 1. The van der Waals surface area contributed by atoms with Gasteiger partial charge < -0.3 is 14.3 Å². The quantitative estimate of drug-likeness (QED) is 0.326. The first-order valence-electron chi connectivity index (χ1n) is 11.6. The molecule has 4 rings (SSSR count). The summed E-state index contributed by atoms with van der Waals surface area (Å²) in [5.74, 6) is 0.404. The van der Waals surface area contributed by atoms with E-state index >= 15 is 0 Å². The fourth-order valence-corrected chi connectivity index (χ4v) is 4.00. The highest BCUT2D eigenvalue weighted by molar-refractivity contribution is 5.76. The normalized spacial score (nSPS) is 11.7. The van der Waals surface area contributed by atoms with E-state index in [1.807, 2.05) is 66.2 Å². The van der Waals surface area contributed by atoms with Crippen molar-refractivity contribution >= 4 is 5.97 Å². The van der Waals surface area contributed by atoms with Crippen LogP contribution in [0.2, 0.25) is 0 Å². The molecule has 182 valence electrons. The molecule has 0 saturated carbocycles. The number of rotatable bonds is 10. The van der Waals surface area contributed by atoms with Crippen LogP contribution < -0.4 is 4.74 Å². The lowest BCUT2D eigenvalue weighted by Gasteiger charge is -2.23. The Morgan fingerprint density at radius 3 is 2.34 bits per heavy atom. The summed E-state index contributed by atoms with van der Waals surface area (Å²) in [6, 6.07) is 21.6. The van der Waals surface area contributed by atoms with Crippen LogP contribution in [0.25, 0.3) is 5.69 Å². The minimum Gasteiger partial charge on any atom is -0.478 e. The maximum absolute atomic E-state index is 11.4. The molecule has 2 heterocycles. The van der Waals surface area contributed by atoms with E-state index in [0.29, 0.717) is 25.4 Å². The smallest absolute Gasteiger partial charge is 0.347 e. The number of hydrogen-bond acceptors (Lipinski definition) is 5. The third-order valence-corrected chi connectivity index (χ3v) is 6.00. The monoisotopic (exact) mass is 473 g/mol. The fraction of sp³-hybridized carbons (Fsp3) is 0.286. The van der Waals surface area contributed by atoms with Crippen molar-refractivity contribution in [2.45, 2.75) is 52.9 Å². The van der Waals surface area contributed by atoms with Gasteiger partial charge in [-0.15, -0.1) is 0 Å². The molecular formula is C28H31N3O4. The SMILES string of the molecule is Cc1nn(-c2ccccc2)c(C)c1CN(Cc1ccc(OC(C)(C)C(=O)O)cc1)Cc1ccco1. The highest BCUT2D eigenvalue weighted by Crippen LogP contribution is 2.24. The number of aromatic nitrogens is 2. The first-order valence-corrected chi connectivity index (χ1v) is 11.6. The maximum Gasteiger partial charge on any atom is 0.347 e. The molecule has 2 aromatic heterocycles. The largest absolute Gasteiger partial charge is 0.478 e. The molecule has 7 nitrogen and oxygen atoms in total. The molecule has 35 heavy (non-hydrogen) atoms. The summed E-state index contributed by atoms with van der Waals surface area (Å²) in [5, 5.41) is 14.1. The van der Waals surface area contributed by atoms with Crippen molar-refractivity contribution in [3.8, 4) is 11.4 Å². The van der Waals surface area contributed by atoms with Crippen molar-refractivity contribution in [1.82, 2.24) is 14.7 Å². The molecule has 7 heteroatoms. The molecule has 0 spiro atoms. The molecule has 0 atom stereocenters. The molecule has 0 unspecified atom stereocenters. The summed E-state index contributed by atoms with van der Waals surface area (Å²) < 4.78 is 13.3. The Labute approximate surface area is 205 Å². The van der Waals surface area contributed by atoms with Crippen molar-refractivity contribution in [3.05, 3.63) is 101 Å². The van der Waals surface area contributed by atoms with Gasteiger partial charge in [0.2, 0.25) is 0 Å². The lowest BCUT2D eigenvalue weighted by molar-refractivity contribution is -0.152. The highest BCUT2D eigenvalue weighted by atomic mass is 16.5. The number of furan rings is 1. The highest BCUT2D eigenvalue weighted by Gasteiger charge is 2.29. The third kappa shape index (κ3) is 5.81. The number of benzene rings is 2. The predicted molar refractivity (Wildman–Crippen MR) is 133 cm³/mol. The number of carboxylic acids is 1. The minimum absolute atomic E-state index is 0.523. The van der Waals surface area contributed by atoms with Crippen molar-refractivity contribution in [2.75, 3.05) is 0 Å². The van der Waals surface area contributed by atoms with Gasteiger partial charge in [-0.1, -0.05) is 30.3 Å². The molecule has 0 aliphatic rings. The van der Waals surface area contributed by atoms with Crippen LogP contribution in [0.4, 0.5) is 0 Å². The van der Waals surface area contributed by atoms with Crippen LogP contribution >= 0.6 is 0 Å². The molecule has 2 aromatic carbocycles. The Morgan fingerprint density at radius 2 is 1.71 bits per heavy atom. The van der Waals surface area contributed by atoms with Crippen LogP contribution in [0.5, 0.6) is 5.75 Å². The summed E-state index contributed by atoms with van der Waals surface area (Å²) in [4.78, 5) is 13.7. The molecular weight excluding hydrogens is 442 g/mol. The number of ether oxygens (including phenoxy) is 1. The molecule has 0 aliphatic carbocycles. The Kier molecular flexibility index (Phi) is 7.07. The predicted octanol–water partition coefficient (Wildman–Crippen LogP) is 5.53. The summed E-state index contributed by atoms with van der Waals surface area (Å²) in [5.41, 5.74) is 4.12. The number of aryl methyl sites for hydroxylation is 1. The zero-order chi connectivity index (χ0) is 25.0. The number of para-hydroxylation sites is 1. The summed E-state index contributed by atoms with van der Waals surface area (Å²) in [6.45, 7) is 9.25. The van der Waals surface area contributed by atoms with Crippen molar-refractivity contribution in [1.29, 1.82) is 0 Å². The standard InChI is InChI=1S/C28H31N3O4/c1-20-26(21(2)31(29-20)23-9-6-5-7-10-23)19-30(18-25-11-8-16-34-25)17-22-12-14-24(15-13-22)35-28(3,4)27(32)33/h5-16H,17-19H2,1-4H3,(H,32,33). The van der Waals surface area contributed by atoms with Gasteiger partial charge in [-0.05, 0) is 69.7 Å². The second-order valence-corrected chi connectivity index (χ2v) is 9.18. The van der Waals surface area contributed by atoms with E-state index in [1.54, 1.807) is 6.26 Å². The van der Waals surface area contributed by atoms with E-state index in [9.17, 15) is 9.90 Å². The first-order chi connectivity index (χ1) is 16.7. The van der Waals surface area contributed by atoms with Gasteiger partial charge in [0.25, 0.3) is 0 Å². The lowest BCUT2D eigenvalue weighted by Crippen LogP contribution is -2.37. The number of carboxylic acid groups (broad SMARTS) is 1. The van der Waals surface area contributed by atoms with Gasteiger partial charge in [-0.3, -0.25) is 4.90 Å². The van der Waals surface area contributed by atoms with E-state index in [1.165, 1.54) is 19.4 Å². The van der Waals surface area contributed by atoms with E-state index in [2.05, 4.69) is 24.0 Å². The summed E-state index contributed by atoms with van der Waals surface area (Å²) in [7, 11) is 0. The molecule has 0 fully saturated rings. The molecule has 0 aliphatic heterocycles. The second kappa shape index (κ2) is 10.2. The number of nitrogens with zero attached hydrogens (tertiary/aromatic N) is 3. The summed E-state index contributed by atoms with van der Waals surface area (Å²) >= 11 is 0. The number of aliphatic carboxylic acids is 1. The van der Waals surface area contributed by atoms with Crippen LogP contribution in [-0.2, 0) is 24.4 Å². The number of hydrogen-bond donors (Lipinski definition) is 1. The van der Waals surface area contributed by atoms with Gasteiger partial charge in [0.05, 0.1) is 24.2 Å². The molecule has 0 bridgehead atoms. The van der Waals surface area contributed by atoms with E-state index < -0.39 is 11.6 Å². The fourth-order valence-electron chi connectivity index (χ4n) is 4.00. The molecule has 0 saturated heterocycles. The van der Waals surface area contributed by atoms with Gasteiger partial charge in [-0.25, -0.2) is 9.48 Å². The third-order valence-electron chi connectivity index (χ3n) is 6.00. The maximum atomic E-state index is 11.4. The first kappa shape index (κ1) is 24.3. The van der Waals surface area contributed by atoms with Gasteiger partial charge >= 0.3 is 5.97 Å². The Hall–Kier alpha value is -3.84.